The van der Waals surface area contributed by atoms with Crippen LogP contribution in [0.15, 0.2) is 42.5 Å². The molecule has 0 aliphatic heterocycles. The first kappa shape index (κ1) is 16.1. The summed E-state index contributed by atoms with van der Waals surface area (Å²) in [5.41, 5.74) is 0.771. The third-order valence-corrected chi connectivity index (χ3v) is 2.89. The summed E-state index contributed by atoms with van der Waals surface area (Å²) in [4.78, 5) is 26.4. The number of hydrogen-bond acceptors (Lipinski definition) is 7. The van der Waals surface area contributed by atoms with E-state index in [9.17, 15) is 20.0 Å². The van der Waals surface area contributed by atoms with E-state index in [1.54, 1.807) is 12.1 Å². The van der Waals surface area contributed by atoms with Gasteiger partial charge in [0.2, 0.25) is 0 Å². The van der Waals surface area contributed by atoms with Crippen molar-refractivity contribution >= 4 is 5.97 Å². The number of nitrogens with zero attached hydrogens (tertiary/aromatic N) is 1. The molecule has 0 saturated heterocycles. The van der Waals surface area contributed by atoms with Gasteiger partial charge in [-0.1, -0.05) is 12.1 Å². The number of hydrogen-bond donors (Lipinski definition) is 1. The van der Waals surface area contributed by atoms with Crippen molar-refractivity contribution in [3.05, 3.63) is 63.7 Å². The molecule has 23 heavy (non-hydrogen) atoms. The third-order valence-electron chi connectivity index (χ3n) is 2.89. The van der Waals surface area contributed by atoms with Crippen molar-refractivity contribution in [1.82, 2.24) is 0 Å². The first-order valence-electron chi connectivity index (χ1n) is 6.45. The molecule has 0 aromatic heterocycles. The highest BCUT2D eigenvalue weighted by atomic mass is 16.9. The van der Waals surface area contributed by atoms with Crippen LogP contribution in [0.2, 0.25) is 0 Å². The molecule has 0 saturated carbocycles. The Balaban J connectivity index is 2.04. The van der Waals surface area contributed by atoms with Crippen LogP contribution in [-0.2, 0) is 11.4 Å². The van der Waals surface area contributed by atoms with Gasteiger partial charge in [-0.3, -0.25) is 0 Å². The summed E-state index contributed by atoms with van der Waals surface area (Å²) in [5.74, 6) is -0.282. The van der Waals surface area contributed by atoms with Gasteiger partial charge in [-0.25, -0.2) is 4.79 Å². The third kappa shape index (κ3) is 4.34. The molecule has 2 rings (SSSR count). The fraction of sp³-hybridized carbons (Fsp3) is 0.133. The molecule has 0 unspecified atom stereocenters. The largest absolute Gasteiger partial charge is 0.504 e. The fourth-order valence-corrected chi connectivity index (χ4v) is 1.75. The maximum absolute atomic E-state index is 12.0. The monoisotopic (exact) mass is 319 g/mol. The molecule has 0 fully saturated rings. The summed E-state index contributed by atoms with van der Waals surface area (Å²) < 4.78 is 10.1. The summed E-state index contributed by atoms with van der Waals surface area (Å²) in [6.45, 7) is -0.184. The number of benzene rings is 2. The van der Waals surface area contributed by atoms with Crippen LogP contribution in [-0.4, -0.2) is 23.3 Å². The van der Waals surface area contributed by atoms with Crippen LogP contribution in [0.3, 0.4) is 0 Å². The number of phenols is 1. The molecule has 0 spiro atoms. The van der Waals surface area contributed by atoms with Crippen LogP contribution in [0, 0.1) is 10.1 Å². The minimum Gasteiger partial charge on any atom is -0.504 e. The Hall–Kier alpha value is -3.29. The summed E-state index contributed by atoms with van der Waals surface area (Å²) >= 11 is 0. The van der Waals surface area contributed by atoms with E-state index >= 15 is 0 Å². The van der Waals surface area contributed by atoms with Gasteiger partial charge in [-0.05, 0) is 35.9 Å². The fourth-order valence-electron chi connectivity index (χ4n) is 1.75. The smallest absolute Gasteiger partial charge is 0.343 e. The van der Waals surface area contributed by atoms with Gasteiger partial charge in [0.15, 0.2) is 11.5 Å². The Morgan fingerprint density at radius 3 is 2.52 bits per heavy atom. The molecule has 1 N–H and O–H groups in total. The standard InChI is InChI=1S/C15H13NO7/c1-21-14-8-11(4-7-13(14)17)15(18)23-12-5-2-10(3-6-12)9-22-16(19)20/h2-8,17H,9H2,1H3. The van der Waals surface area contributed by atoms with Crippen molar-refractivity contribution < 1.29 is 29.3 Å². The van der Waals surface area contributed by atoms with Crippen LogP contribution in [0.5, 0.6) is 17.2 Å². The van der Waals surface area contributed by atoms with E-state index in [1.807, 2.05) is 0 Å². The molecule has 0 heterocycles. The van der Waals surface area contributed by atoms with E-state index in [0.29, 0.717) is 5.56 Å². The maximum atomic E-state index is 12.0. The van der Waals surface area contributed by atoms with Gasteiger partial charge in [0.05, 0.1) is 12.7 Å². The second-order valence-electron chi connectivity index (χ2n) is 4.42. The van der Waals surface area contributed by atoms with E-state index < -0.39 is 11.1 Å². The van der Waals surface area contributed by atoms with Crippen LogP contribution in [0.25, 0.3) is 0 Å². The number of carbonyl (C=O) groups excluding carboxylic acids is 1. The van der Waals surface area contributed by atoms with E-state index in [1.165, 1.54) is 37.4 Å². The number of methoxy groups -OCH3 is 1. The molecule has 2 aromatic carbocycles. The molecule has 8 nitrogen and oxygen atoms in total. The van der Waals surface area contributed by atoms with Crippen molar-refractivity contribution in [1.29, 1.82) is 0 Å². The van der Waals surface area contributed by atoms with E-state index in [-0.39, 0.29) is 29.4 Å². The van der Waals surface area contributed by atoms with Crippen molar-refractivity contribution in [2.24, 2.45) is 0 Å². The Morgan fingerprint density at radius 2 is 1.91 bits per heavy atom. The molecule has 0 aliphatic carbocycles. The maximum Gasteiger partial charge on any atom is 0.343 e. The van der Waals surface area contributed by atoms with E-state index in [4.69, 9.17) is 9.47 Å². The van der Waals surface area contributed by atoms with Crippen LogP contribution in [0.1, 0.15) is 15.9 Å². The minimum atomic E-state index is -0.883. The Kier molecular flexibility index (Phi) is 4.98. The molecule has 2 aromatic rings. The topological polar surface area (TPSA) is 108 Å². The minimum absolute atomic E-state index is 0.0841. The lowest BCUT2D eigenvalue weighted by Gasteiger charge is -2.08. The van der Waals surface area contributed by atoms with Crippen LogP contribution in [0.4, 0.5) is 0 Å². The summed E-state index contributed by atoms with van der Waals surface area (Å²) in [6.07, 6.45) is 0. The molecule has 0 aliphatic rings. The van der Waals surface area contributed by atoms with Gasteiger partial charge in [-0.15, -0.1) is 10.1 Å². The average molecular weight is 319 g/mol. The molecule has 8 heteroatoms. The lowest BCUT2D eigenvalue weighted by Crippen LogP contribution is -2.08. The van der Waals surface area contributed by atoms with Gasteiger partial charge in [-0.2, -0.15) is 0 Å². The van der Waals surface area contributed by atoms with E-state index in [0.717, 1.165) is 0 Å². The SMILES string of the molecule is COc1cc(C(=O)Oc2ccc(CO[N+](=O)[O-])cc2)ccc1O. The van der Waals surface area contributed by atoms with Crippen LogP contribution >= 0.6 is 0 Å². The predicted molar refractivity (Wildman–Crippen MR) is 77.8 cm³/mol. The molecule has 0 radical (unpaired) electrons. The highest BCUT2D eigenvalue weighted by molar-refractivity contribution is 5.91. The zero-order chi connectivity index (χ0) is 16.8. The predicted octanol–water partition coefficient (Wildman–Crippen LogP) is 2.33. The summed E-state index contributed by atoms with van der Waals surface area (Å²) in [7, 11) is 1.37. The zero-order valence-corrected chi connectivity index (χ0v) is 12.1. The number of rotatable bonds is 6. The lowest BCUT2D eigenvalue weighted by atomic mass is 10.2. The molecule has 0 amide bonds. The van der Waals surface area contributed by atoms with Gasteiger partial charge >= 0.3 is 5.97 Å². The number of phenolic OH excluding ortho intramolecular Hbond substituents is 1. The van der Waals surface area contributed by atoms with Gasteiger partial charge in [0.1, 0.15) is 12.4 Å². The lowest BCUT2D eigenvalue weighted by molar-refractivity contribution is -0.763. The highest BCUT2D eigenvalue weighted by Gasteiger charge is 2.12. The van der Waals surface area contributed by atoms with Crippen molar-refractivity contribution in [3.8, 4) is 17.2 Å². The second kappa shape index (κ2) is 7.12. The van der Waals surface area contributed by atoms with Gasteiger partial charge in [0.25, 0.3) is 5.09 Å². The normalized spacial score (nSPS) is 9.96. The van der Waals surface area contributed by atoms with Gasteiger partial charge < -0.3 is 19.4 Å². The molecular weight excluding hydrogens is 306 g/mol. The first-order valence-corrected chi connectivity index (χ1v) is 6.45. The Labute approximate surface area is 130 Å². The van der Waals surface area contributed by atoms with Gasteiger partial charge in [0, 0.05) is 0 Å². The first-order chi connectivity index (χ1) is 11.0. The quantitative estimate of drug-likeness (QED) is 0.377. The Bertz CT molecular complexity index is 712. The average Bonchev–Trinajstić information content (AvgIpc) is 2.54. The van der Waals surface area contributed by atoms with Crippen molar-refractivity contribution in [2.75, 3.05) is 7.11 Å². The summed E-state index contributed by atoms with van der Waals surface area (Å²) in [6, 6.07) is 10.2. The molecule has 0 atom stereocenters. The number of esters is 1. The highest BCUT2D eigenvalue weighted by Crippen LogP contribution is 2.27. The summed E-state index contributed by atoms with van der Waals surface area (Å²) in [5, 5.41) is 18.7. The zero-order valence-electron chi connectivity index (χ0n) is 12.1. The molecule has 0 bridgehead atoms. The molecule has 120 valence electrons. The van der Waals surface area contributed by atoms with Crippen molar-refractivity contribution in [3.63, 3.8) is 0 Å². The second-order valence-corrected chi connectivity index (χ2v) is 4.42. The number of aromatic hydroxyl groups is 1. The number of ether oxygens (including phenoxy) is 2. The molecular formula is C15H13NO7. The van der Waals surface area contributed by atoms with Crippen molar-refractivity contribution in [2.45, 2.75) is 6.61 Å². The number of carbonyl (C=O) groups is 1. The van der Waals surface area contributed by atoms with Crippen LogP contribution < -0.4 is 9.47 Å². The Morgan fingerprint density at radius 1 is 1.22 bits per heavy atom. The van der Waals surface area contributed by atoms with E-state index in [2.05, 4.69) is 4.84 Å².